The zero-order chi connectivity index (χ0) is 15.5. The minimum Gasteiger partial charge on any atom is -0.379 e. The normalized spacial score (nSPS) is 17.1. The number of rotatable bonds is 5. The zero-order valence-electron chi connectivity index (χ0n) is 12.4. The first-order valence-electron chi connectivity index (χ1n) is 6.96. The van der Waals surface area contributed by atoms with Crippen molar-refractivity contribution in [3.63, 3.8) is 0 Å². The van der Waals surface area contributed by atoms with Gasteiger partial charge in [0.15, 0.2) is 0 Å². The van der Waals surface area contributed by atoms with E-state index in [1.54, 1.807) is 13.0 Å². The van der Waals surface area contributed by atoms with E-state index in [1.807, 2.05) is 13.0 Å². The molecule has 1 aromatic rings. The molecule has 7 heteroatoms. The lowest BCUT2D eigenvalue weighted by atomic mass is 10.2. The van der Waals surface area contributed by atoms with Crippen LogP contribution in [0.25, 0.3) is 0 Å². The van der Waals surface area contributed by atoms with Crippen molar-refractivity contribution in [2.75, 3.05) is 39.4 Å². The van der Waals surface area contributed by atoms with Crippen LogP contribution in [0.2, 0.25) is 0 Å². The lowest BCUT2D eigenvalue weighted by Gasteiger charge is -2.26. The molecule has 1 aromatic carbocycles. The minimum atomic E-state index is -3.46. The second-order valence-electron chi connectivity index (χ2n) is 5.22. The van der Waals surface area contributed by atoms with Gasteiger partial charge in [0.1, 0.15) is 0 Å². The molecule has 1 fully saturated rings. The molecule has 0 amide bonds. The topological polar surface area (TPSA) is 58.6 Å². The van der Waals surface area contributed by atoms with E-state index < -0.39 is 10.0 Å². The van der Waals surface area contributed by atoms with Gasteiger partial charge in [-0.1, -0.05) is 15.9 Å². The lowest BCUT2D eigenvalue weighted by molar-refractivity contribution is 0.0390. The van der Waals surface area contributed by atoms with Gasteiger partial charge in [-0.25, -0.2) is 13.1 Å². The van der Waals surface area contributed by atoms with Crippen LogP contribution in [-0.4, -0.2) is 52.7 Å². The van der Waals surface area contributed by atoms with Gasteiger partial charge in [-0.2, -0.15) is 0 Å². The summed E-state index contributed by atoms with van der Waals surface area (Å²) in [7, 11) is -3.46. The van der Waals surface area contributed by atoms with Gasteiger partial charge in [-0.15, -0.1) is 0 Å². The van der Waals surface area contributed by atoms with Crippen LogP contribution >= 0.6 is 15.9 Å². The van der Waals surface area contributed by atoms with Crippen molar-refractivity contribution >= 4 is 26.0 Å². The molecule has 1 N–H and O–H groups in total. The molecule has 0 unspecified atom stereocenters. The molecule has 21 heavy (non-hydrogen) atoms. The number of nitrogens with one attached hydrogen (secondary N) is 1. The molecule has 0 bridgehead atoms. The summed E-state index contributed by atoms with van der Waals surface area (Å²) in [6, 6.07) is 3.54. The van der Waals surface area contributed by atoms with Gasteiger partial charge >= 0.3 is 0 Å². The molecule has 0 saturated carbocycles. The van der Waals surface area contributed by atoms with Crippen LogP contribution in [0.4, 0.5) is 0 Å². The van der Waals surface area contributed by atoms with Gasteiger partial charge in [0.2, 0.25) is 10.0 Å². The van der Waals surface area contributed by atoms with E-state index >= 15 is 0 Å². The van der Waals surface area contributed by atoms with E-state index in [2.05, 4.69) is 25.6 Å². The quantitative estimate of drug-likeness (QED) is 0.848. The smallest absolute Gasteiger partial charge is 0.240 e. The highest BCUT2D eigenvalue weighted by molar-refractivity contribution is 9.10. The number of sulfonamides is 1. The van der Waals surface area contributed by atoms with Gasteiger partial charge < -0.3 is 4.74 Å². The van der Waals surface area contributed by atoms with Crippen LogP contribution in [0.15, 0.2) is 21.5 Å². The summed E-state index contributed by atoms with van der Waals surface area (Å²) in [6.45, 7) is 7.97. The fraction of sp³-hybridized carbons (Fsp3) is 0.571. The van der Waals surface area contributed by atoms with Gasteiger partial charge in [0.25, 0.3) is 0 Å². The monoisotopic (exact) mass is 376 g/mol. The van der Waals surface area contributed by atoms with E-state index in [4.69, 9.17) is 4.74 Å². The molecule has 1 aliphatic heterocycles. The fourth-order valence-electron chi connectivity index (χ4n) is 2.28. The fourth-order valence-corrected chi connectivity index (χ4v) is 4.07. The van der Waals surface area contributed by atoms with Crippen molar-refractivity contribution in [1.82, 2.24) is 9.62 Å². The average molecular weight is 377 g/mol. The molecule has 118 valence electrons. The minimum absolute atomic E-state index is 0.352. The Bertz CT molecular complexity index is 598. The summed E-state index contributed by atoms with van der Waals surface area (Å²) in [5.41, 5.74) is 1.65. The zero-order valence-corrected chi connectivity index (χ0v) is 14.8. The molecule has 1 aliphatic rings. The van der Waals surface area contributed by atoms with Crippen molar-refractivity contribution in [3.8, 4) is 0 Å². The van der Waals surface area contributed by atoms with Crippen LogP contribution in [0.3, 0.4) is 0 Å². The third kappa shape index (κ3) is 4.50. The Morgan fingerprint density at radius 3 is 2.57 bits per heavy atom. The molecule has 5 nitrogen and oxygen atoms in total. The number of nitrogens with zero attached hydrogens (tertiary/aromatic N) is 1. The van der Waals surface area contributed by atoms with Gasteiger partial charge in [0.05, 0.1) is 18.1 Å². The summed E-state index contributed by atoms with van der Waals surface area (Å²) in [6.07, 6.45) is 0. The summed E-state index contributed by atoms with van der Waals surface area (Å²) in [5.74, 6) is 0. The average Bonchev–Trinajstić information content (AvgIpc) is 2.43. The Labute approximate surface area is 134 Å². The molecule has 0 atom stereocenters. The SMILES string of the molecule is Cc1cc(S(=O)(=O)NCCN2CCOCC2)c(C)cc1Br. The van der Waals surface area contributed by atoms with E-state index in [1.165, 1.54) is 0 Å². The van der Waals surface area contributed by atoms with Crippen LogP contribution in [0, 0.1) is 13.8 Å². The Balaban J connectivity index is 1.99. The van der Waals surface area contributed by atoms with Gasteiger partial charge in [0, 0.05) is 30.7 Å². The first-order valence-corrected chi connectivity index (χ1v) is 9.24. The highest BCUT2D eigenvalue weighted by atomic mass is 79.9. The standard InChI is InChI=1S/C14H21BrN2O3S/c1-11-10-14(12(2)9-13(11)15)21(18,19)16-3-4-17-5-7-20-8-6-17/h9-10,16H,3-8H2,1-2H3. The Morgan fingerprint density at radius 1 is 1.24 bits per heavy atom. The molecule has 0 aliphatic carbocycles. The van der Waals surface area contributed by atoms with E-state index in [0.717, 1.165) is 41.9 Å². The summed E-state index contributed by atoms with van der Waals surface area (Å²) in [5, 5.41) is 0. The highest BCUT2D eigenvalue weighted by Crippen LogP contribution is 2.24. The van der Waals surface area contributed by atoms with E-state index in [-0.39, 0.29) is 0 Å². The predicted molar refractivity (Wildman–Crippen MR) is 86.1 cm³/mol. The number of benzene rings is 1. The number of ether oxygens (including phenoxy) is 1. The third-order valence-electron chi connectivity index (χ3n) is 3.57. The van der Waals surface area contributed by atoms with Crippen molar-refractivity contribution in [1.29, 1.82) is 0 Å². The summed E-state index contributed by atoms with van der Waals surface area (Å²) in [4.78, 5) is 2.55. The second kappa shape index (κ2) is 7.19. The van der Waals surface area contributed by atoms with Crippen LogP contribution < -0.4 is 4.72 Å². The Hall–Kier alpha value is -0.470. The molecule has 1 heterocycles. The number of hydrogen-bond acceptors (Lipinski definition) is 4. The van der Waals surface area contributed by atoms with Crippen molar-refractivity contribution in [2.24, 2.45) is 0 Å². The van der Waals surface area contributed by atoms with Crippen molar-refractivity contribution in [2.45, 2.75) is 18.7 Å². The molecular weight excluding hydrogens is 356 g/mol. The first-order chi connectivity index (χ1) is 9.90. The second-order valence-corrected chi connectivity index (χ2v) is 7.81. The Kier molecular flexibility index (Phi) is 5.79. The summed E-state index contributed by atoms with van der Waals surface area (Å²) < 4.78 is 33.7. The third-order valence-corrected chi connectivity index (χ3v) is 6.03. The summed E-state index contributed by atoms with van der Waals surface area (Å²) >= 11 is 3.42. The van der Waals surface area contributed by atoms with Crippen LogP contribution in [0.1, 0.15) is 11.1 Å². The van der Waals surface area contributed by atoms with Crippen molar-refractivity contribution in [3.05, 3.63) is 27.7 Å². The largest absolute Gasteiger partial charge is 0.379 e. The molecule has 0 spiro atoms. The first kappa shape index (κ1) is 16.9. The predicted octanol–water partition coefficient (Wildman–Crippen LogP) is 1.68. The number of halogens is 1. The van der Waals surface area contributed by atoms with Crippen molar-refractivity contribution < 1.29 is 13.2 Å². The Morgan fingerprint density at radius 2 is 1.90 bits per heavy atom. The number of morpholine rings is 1. The molecule has 2 rings (SSSR count). The van der Waals surface area contributed by atoms with Gasteiger partial charge in [-0.05, 0) is 37.1 Å². The lowest BCUT2D eigenvalue weighted by Crippen LogP contribution is -2.41. The molecule has 0 aromatic heterocycles. The number of hydrogen-bond donors (Lipinski definition) is 1. The molecular formula is C14H21BrN2O3S. The maximum atomic E-state index is 12.4. The maximum Gasteiger partial charge on any atom is 0.240 e. The maximum absolute atomic E-state index is 12.4. The number of aryl methyl sites for hydroxylation is 2. The molecule has 0 radical (unpaired) electrons. The van der Waals surface area contributed by atoms with Crippen LogP contribution in [0.5, 0.6) is 0 Å². The van der Waals surface area contributed by atoms with Gasteiger partial charge in [-0.3, -0.25) is 4.90 Å². The van der Waals surface area contributed by atoms with E-state index in [0.29, 0.717) is 18.0 Å². The van der Waals surface area contributed by atoms with E-state index in [9.17, 15) is 8.42 Å². The van der Waals surface area contributed by atoms with Crippen LogP contribution in [-0.2, 0) is 14.8 Å². The highest BCUT2D eigenvalue weighted by Gasteiger charge is 2.18. The molecule has 1 saturated heterocycles.